The zero-order valence-electron chi connectivity index (χ0n) is 14.7. The number of aromatic nitrogens is 2. The molecule has 4 rings (SSSR count). The van der Waals surface area contributed by atoms with Gasteiger partial charge in [0, 0.05) is 45.3 Å². The number of rotatable bonds is 6. The number of carbonyl (C=O) groups excluding carboxylic acids is 1. The van der Waals surface area contributed by atoms with Crippen molar-refractivity contribution in [3.05, 3.63) is 101 Å². The van der Waals surface area contributed by atoms with Crippen LogP contribution in [-0.4, -0.2) is 15.8 Å². The van der Waals surface area contributed by atoms with Crippen LogP contribution in [0.4, 0.5) is 5.69 Å². The van der Waals surface area contributed by atoms with E-state index >= 15 is 0 Å². The smallest absolute Gasteiger partial charge is 0.195 e. The van der Waals surface area contributed by atoms with Gasteiger partial charge in [0.05, 0.1) is 5.69 Å². The van der Waals surface area contributed by atoms with E-state index in [0.717, 1.165) is 16.2 Å². The molecule has 0 saturated carbocycles. The number of benzene rings is 2. The van der Waals surface area contributed by atoms with Crippen LogP contribution in [-0.2, 0) is 0 Å². The molecule has 0 radical (unpaired) electrons. The molecule has 0 fully saturated rings. The molecular formula is C22H16ClN3OS. The quantitative estimate of drug-likeness (QED) is 0.301. The van der Waals surface area contributed by atoms with Crippen molar-refractivity contribution in [2.75, 3.05) is 4.72 Å². The number of nitrogens with one attached hydrogen (secondary N) is 2. The second kappa shape index (κ2) is 8.33. The molecule has 6 heteroatoms. The van der Waals surface area contributed by atoms with Crippen molar-refractivity contribution in [1.29, 1.82) is 0 Å². The fourth-order valence-corrected chi connectivity index (χ4v) is 3.63. The lowest BCUT2D eigenvalue weighted by Gasteiger charge is -2.11. The van der Waals surface area contributed by atoms with Crippen molar-refractivity contribution in [3.63, 3.8) is 0 Å². The minimum Gasteiger partial charge on any atom is -0.361 e. The van der Waals surface area contributed by atoms with Crippen LogP contribution >= 0.6 is 23.5 Å². The molecule has 0 aliphatic carbocycles. The Labute approximate surface area is 172 Å². The van der Waals surface area contributed by atoms with Crippen molar-refractivity contribution in [1.82, 2.24) is 9.97 Å². The average molecular weight is 406 g/mol. The summed E-state index contributed by atoms with van der Waals surface area (Å²) in [4.78, 5) is 21.1. The van der Waals surface area contributed by atoms with Gasteiger partial charge in [0.2, 0.25) is 0 Å². The Balaban J connectivity index is 1.53. The van der Waals surface area contributed by atoms with E-state index in [1.54, 1.807) is 36.7 Å². The summed E-state index contributed by atoms with van der Waals surface area (Å²) in [6.07, 6.45) is 5.11. The van der Waals surface area contributed by atoms with Crippen molar-refractivity contribution >= 4 is 35.0 Å². The van der Waals surface area contributed by atoms with E-state index in [-0.39, 0.29) is 5.78 Å². The molecule has 0 aliphatic heterocycles. The first-order valence-corrected chi connectivity index (χ1v) is 9.81. The molecule has 4 aromatic rings. The summed E-state index contributed by atoms with van der Waals surface area (Å²) in [6, 6.07) is 20.8. The summed E-state index contributed by atoms with van der Waals surface area (Å²) in [5.41, 5.74) is 4.00. The molecule has 0 atom stereocenters. The molecule has 0 unspecified atom stereocenters. The van der Waals surface area contributed by atoms with E-state index in [4.69, 9.17) is 11.6 Å². The maximum absolute atomic E-state index is 12.9. The van der Waals surface area contributed by atoms with Crippen molar-refractivity contribution in [2.24, 2.45) is 0 Å². The summed E-state index contributed by atoms with van der Waals surface area (Å²) in [5.74, 6) is -0.102. The lowest BCUT2D eigenvalue weighted by molar-refractivity contribution is 0.103. The van der Waals surface area contributed by atoms with Gasteiger partial charge in [0.1, 0.15) is 0 Å². The number of nitrogens with zero attached hydrogens (tertiary/aromatic N) is 1. The fourth-order valence-electron chi connectivity index (χ4n) is 2.78. The molecular weight excluding hydrogens is 390 g/mol. The molecule has 2 aromatic carbocycles. The van der Waals surface area contributed by atoms with E-state index < -0.39 is 0 Å². The standard InChI is InChI=1S/C22H16ClN3OS/c23-17-5-8-21(19(14-17)22(27)16-9-12-24-13-10-16)26-28-18-6-3-15(4-7-18)20-2-1-11-25-20/h1-14,25-26H. The largest absolute Gasteiger partial charge is 0.361 e. The van der Waals surface area contributed by atoms with Gasteiger partial charge in [-0.05, 0) is 72.1 Å². The Morgan fingerprint density at radius 3 is 2.50 bits per heavy atom. The third-order valence-corrected chi connectivity index (χ3v) is 5.28. The van der Waals surface area contributed by atoms with Crippen LogP contribution in [0.25, 0.3) is 11.3 Å². The van der Waals surface area contributed by atoms with Crippen LogP contribution in [0.3, 0.4) is 0 Å². The minimum absolute atomic E-state index is 0.102. The van der Waals surface area contributed by atoms with Crippen molar-refractivity contribution in [2.45, 2.75) is 4.90 Å². The number of anilines is 1. The van der Waals surface area contributed by atoms with Gasteiger partial charge >= 0.3 is 0 Å². The molecule has 2 heterocycles. The topological polar surface area (TPSA) is 57.8 Å². The number of halogens is 1. The first-order chi connectivity index (χ1) is 13.7. The van der Waals surface area contributed by atoms with Gasteiger partial charge in [-0.2, -0.15) is 0 Å². The second-order valence-electron chi connectivity index (χ2n) is 6.07. The summed E-state index contributed by atoms with van der Waals surface area (Å²) in [7, 11) is 0. The third-order valence-electron chi connectivity index (χ3n) is 4.21. The average Bonchev–Trinajstić information content (AvgIpc) is 3.28. The molecule has 138 valence electrons. The van der Waals surface area contributed by atoms with Crippen LogP contribution in [0.15, 0.2) is 90.2 Å². The SMILES string of the molecule is O=C(c1ccncc1)c1cc(Cl)ccc1NSc1ccc(-c2ccc[nH]2)cc1. The summed E-state index contributed by atoms with van der Waals surface area (Å²) in [5, 5.41) is 0.517. The molecule has 0 saturated heterocycles. The molecule has 4 nitrogen and oxygen atoms in total. The van der Waals surface area contributed by atoms with E-state index in [9.17, 15) is 4.79 Å². The zero-order valence-corrected chi connectivity index (χ0v) is 16.3. The number of ketones is 1. The maximum Gasteiger partial charge on any atom is 0.195 e. The van der Waals surface area contributed by atoms with E-state index in [2.05, 4.69) is 26.8 Å². The number of hydrogen-bond donors (Lipinski definition) is 2. The highest BCUT2D eigenvalue weighted by atomic mass is 35.5. The number of aromatic amines is 1. The van der Waals surface area contributed by atoms with E-state index in [1.807, 2.05) is 36.5 Å². The fraction of sp³-hybridized carbons (Fsp3) is 0. The molecule has 28 heavy (non-hydrogen) atoms. The lowest BCUT2D eigenvalue weighted by Crippen LogP contribution is -2.05. The Morgan fingerprint density at radius 2 is 1.79 bits per heavy atom. The van der Waals surface area contributed by atoms with Crippen LogP contribution in [0.5, 0.6) is 0 Å². The van der Waals surface area contributed by atoms with Crippen molar-refractivity contribution < 1.29 is 4.79 Å². The Bertz CT molecular complexity index is 1080. The van der Waals surface area contributed by atoms with Gasteiger partial charge in [0.15, 0.2) is 5.78 Å². The normalized spacial score (nSPS) is 10.6. The van der Waals surface area contributed by atoms with Gasteiger partial charge in [0.25, 0.3) is 0 Å². The molecule has 0 bridgehead atoms. The summed E-state index contributed by atoms with van der Waals surface area (Å²) < 4.78 is 3.28. The van der Waals surface area contributed by atoms with E-state index in [1.165, 1.54) is 11.9 Å². The third kappa shape index (κ3) is 4.11. The Hall–Kier alpha value is -3.02. The predicted octanol–water partition coefficient (Wildman–Crippen LogP) is 6.08. The Kier molecular flexibility index (Phi) is 5.46. The maximum atomic E-state index is 12.9. The van der Waals surface area contributed by atoms with Gasteiger partial charge in [-0.15, -0.1) is 0 Å². The molecule has 2 aromatic heterocycles. The van der Waals surface area contributed by atoms with Gasteiger partial charge in [-0.1, -0.05) is 23.7 Å². The number of hydrogen-bond acceptors (Lipinski definition) is 4. The first-order valence-electron chi connectivity index (χ1n) is 8.62. The van der Waals surface area contributed by atoms with Crippen LogP contribution in [0.2, 0.25) is 5.02 Å². The molecule has 0 spiro atoms. The minimum atomic E-state index is -0.102. The van der Waals surface area contributed by atoms with E-state index in [0.29, 0.717) is 21.8 Å². The Morgan fingerprint density at radius 1 is 1.00 bits per heavy atom. The van der Waals surface area contributed by atoms with Gasteiger partial charge in [-0.25, -0.2) is 0 Å². The highest BCUT2D eigenvalue weighted by molar-refractivity contribution is 8.00. The van der Waals surface area contributed by atoms with Gasteiger partial charge in [-0.3, -0.25) is 9.78 Å². The number of H-pyrrole nitrogens is 1. The molecule has 2 N–H and O–H groups in total. The lowest BCUT2D eigenvalue weighted by atomic mass is 10.0. The summed E-state index contributed by atoms with van der Waals surface area (Å²) >= 11 is 7.57. The predicted molar refractivity (Wildman–Crippen MR) is 115 cm³/mol. The summed E-state index contributed by atoms with van der Waals surface area (Å²) in [6.45, 7) is 0. The monoisotopic (exact) mass is 405 g/mol. The van der Waals surface area contributed by atoms with Crippen molar-refractivity contribution in [3.8, 4) is 11.3 Å². The highest BCUT2D eigenvalue weighted by Crippen LogP contribution is 2.29. The first kappa shape index (κ1) is 18.3. The zero-order chi connectivity index (χ0) is 19.3. The molecule has 0 amide bonds. The number of pyridine rings is 1. The van der Waals surface area contributed by atoms with Crippen LogP contribution in [0.1, 0.15) is 15.9 Å². The van der Waals surface area contributed by atoms with Crippen LogP contribution < -0.4 is 4.72 Å². The molecule has 0 aliphatic rings. The van der Waals surface area contributed by atoms with Gasteiger partial charge < -0.3 is 9.71 Å². The second-order valence-corrected chi connectivity index (χ2v) is 7.38. The number of carbonyl (C=O) groups is 1. The van der Waals surface area contributed by atoms with Crippen LogP contribution in [0, 0.1) is 0 Å². The highest BCUT2D eigenvalue weighted by Gasteiger charge is 2.14.